The van der Waals surface area contributed by atoms with E-state index in [1.807, 2.05) is 0 Å². The number of halogens is 3. The Bertz CT molecular complexity index is 517. The molecule has 0 amide bonds. The molecule has 1 aromatic carbocycles. The number of rotatable bonds is 2. The van der Waals surface area contributed by atoms with E-state index in [2.05, 4.69) is 15.3 Å². The minimum atomic E-state index is -4.35. The molecule has 0 bridgehead atoms. The van der Waals surface area contributed by atoms with Gasteiger partial charge < -0.3 is 0 Å². The number of hydrogen-bond acceptors (Lipinski definition) is 3. The van der Waals surface area contributed by atoms with Crippen LogP contribution >= 0.6 is 0 Å². The second-order valence-corrected chi connectivity index (χ2v) is 3.21. The van der Waals surface area contributed by atoms with Crippen LogP contribution in [0.5, 0.6) is 0 Å². The Kier molecular flexibility index (Phi) is 2.90. The lowest BCUT2D eigenvalue weighted by molar-refractivity contribution is -0.137. The summed E-state index contributed by atoms with van der Waals surface area (Å²) in [5.74, 6) is 0. The fourth-order valence-corrected chi connectivity index (χ4v) is 1.18. The average Bonchev–Trinajstić information content (AvgIpc) is 2.78. The highest BCUT2D eigenvalue weighted by Gasteiger charge is 2.30. The predicted molar refractivity (Wildman–Crippen MR) is 54.5 cm³/mol. The third-order valence-corrected chi connectivity index (χ3v) is 1.96. The van der Waals surface area contributed by atoms with E-state index in [0.717, 1.165) is 12.1 Å². The normalized spacial score (nSPS) is 12.2. The van der Waals surface area contributed by atoms with Crippen molar-refractivity contribution in [2.24, 2.45) is 5.10 Å². The quantitative estimate of drug-likeness (QED) is 0.755. The fourth-order valence-electron chi connectivity index (χ4n) is 1.18. The standard InChI is InChI=1S/C10H7F3N4/c11-10(12,13)9-3-1-2-8(4-9)5-16-17-6-14-15-7-17/h1-7H/b16-5-. The number of hydrogen-bond donors (Lipinski definition) is 0. The number of alkyl halides is 3. The van der Waals surface area contributed by atoms with Crippen LogP contribution in [0, 0.1) is 0 Å². The Morgan fingerprint density at radius 3 is 2.53 bits per heavy atom. The van der Waals surface area contributed by atoms with Gasteiger partial charge in [0.15, 0.2) is 0 Å². The summed E-state index contributed by atoms with van der Waals surface area (Å²) in [7, 11) is 0. The van der Waals surface area contributed by atoms with Crippen LogP contribution in [0.4, 0.5) is 13.2 Å². The summed E-state index contributed by atoms with van der Waals surface area (Å²) in [5, 5.41) is 10.9. The first-order chi connectivity index (χ1) is 8.05. The summed E-state index contributed by atoms with van der Waals surface area (Å²) in [6, 6.07) is 4.89. The maximum atomic E-state index is 12.4. The maximum absolute atomic E-state index is 12.4. The Morgan fingerprint density at radius 2 is 1.88 bits per heavy atom. The van der Waals surface area contributed by atoms with Gasteiger partial charge in [0, 0.05) is 0 Å². The zero-order valence-corrected chi connectivity index (χ0v) is 8.46. The van der Waals surface area contributed by atoms with Gasteiger partial charge in [0.2, 0.25) is 0 Å². The second-order valence-electron chi connectivity index (χ2n) is 3.21. The molecule has 0 saturated carbocycles. The highest BCUT2D eigenvalue weighted by molar-refractivity contribution is 5.79. The monoisotopic (exact) mass is 240 g/mol. The Morgan fingerprint density at radius 1 is 1.18 bits per heavy atom. The number of nitrogens with zero attached hydrogens (tertiary/aromatic N) is 4. The molecule has 2 aromatic rings. The molecule has 1 heterocycles. The topological polar surface area (TPSA) is 43.1 Å². The Hall–Kier alpha value is -2.18. The first-order valence-corrected chi connectivity index (χ1v) is 4.62. The van der Waals surface area contributed by atoms with Crippen molar-refractivity contribution >= 4 is 6.21 Å². The summed E-state index contributed by atoms with van der Waals surface area (Å²) in [5.41, 5.74) is -0.348. The van der Waals surface area contributed by atoms with E-state index in [1.54, 1.807) is 0 Å². The van der Waals surface area contributed by atoms with Crippen molar-refractivity contribution in [2.45, 2.75) is 6.18 Å². The molecule has 7 heteroatoms. The third-order valence-electron chi connectivity index (χ3n) is 1.96. The summed E-state index contributed by atoms with van der Waals surface area (Å²) in [6.07, 6.45) is -0.368. The van der Waals surface area contributed by atoms with Gasteiger partial charge in [0.1, 0.15) is 12.7 Å². The van der Waals surface area contributed by atoms with E-state index in [1.165, 1.54) is 35.7 Å². The van der Waals surface area contributed by atoms with Crippen LogP contribution in [-0.4, -0.2) is 21.1 Å². The van der Waals surface area contributed by atoms with Crippen LogP contribution in [0.25, 0.3) is 0 Å². The van der Waals surface area contributed by atoms with Gasteiger partial charge in [-0.05, 0) is 17.7 Å². The van der Waals surface area contributed by atoms with E-state index >= 15 is 0 Å². The molecule has 0 atom stereocenters. The van der Waals surface area contributed by atoms with Crippen LogP contribution in [0.15, 0.2) is 42.0 Å². The van der Waals surface area contributed by atoms with Gasteiger partial charge in [-0.3, -0.25) is 0 Å². The van der Waals surface area contributed by atoms with E-state index in [4.69, 9.17) is 0 Å². The summed E-state index contributed by atoms with van der Waals surface area (Å²) < 4.78 is 38.5. The zero-order chi connectivity index (χ0) is 12.3. The lowest BCUT2D eigenvalue weighted by atomic mass is 10.1. The van der Waals surface area contributed by atoms with E-state index < -0.39 is 11.7 Å². The smallest absolute Gasteiger partial charge is 0.208 e. The molecule has 1 aromatic heterocycles. The summed E-state index contributed by atoms with van der Waals surface area (Å²) >= 11 is 0. The fraction of sp³-hybridized carbons (Fsp3) is 0.100. The van der Waals surface area contributed by atoms with Crippen LogP contribution in [-0.2, 0) is 6.18 Å². The van der Waals surface area contributed by atoms with Crippen molar-refractivity contribution < 1.29 is 13.2 Å². The van der Waals surface area contributed by atoms with Gasteiger partial charge in [-0.1, -0.05) is 12.1 Å². The minimum Gasteiger partial charge on any atom is -0.208 e. The van der Waals surface area contributed by atoms with Crippen molar-refractivity contribution in [1.29, 1.82) is 0 Å². The number of aromatic nitrogens is 3. The molecule has 0 N–H and O–H groups in total. The van der Waals surface area contributed by atoms with Crippen molar-refractivity contribution in [3.8, 4) is 0 Å². The lowest BCUT2D eigenvalue weighted by Gasteiger charge is -2.06. The van der Waals surface area contributed by atoms with Crippen LogP contribution in [0.1, 0.15) is 11.1 Å². The lowest BCUT2D eigenvalue weighted by Crippen LogP contribution is -2.05. The van der Waals surface area contributed by atoms with Crippen molar-refractivity contribution in [3.63, 3.8) is 0 Å². The van der Waals surface area contributed by atoms with Crippen molar-refractivity contribution in [2.75, 3.05) is 0 Å². The molecule has 0 unspecified atom stereocenters. The van der Waals surface area contributed by atoms with Gasteiger partial charge in [-0.2, -0.15) is 18.3 Å². The first kappa shape index (κ1) is 11.3. The van der Waals surface area contributed by atoms with E-state index in [9.17, 15) is 13.2 Å². The van der Waals surface area contributed by atoms with Gasteiger partial charge in [-0.15, -0.1) is 10.2 Å². The van der Waals surface area contributed by atoms with Gasteiger partial charge >= 0.3 is 6.18 Å². The third kappa shape index (κ3) is 2.90. The maximum Gasteiger partial charge on any atom is 0.416 e. The molecular weight excluding hydrogens is 233 g/mol. The Labute approximate surface area is 94.4 Å². The van der Waals surface area contributed by atoms with Crippen LogP contribution in [0.3, 0.4) is 0 Å². The van der Waals surface area contributed by atoms with Crippen LogP contribution < -0.4 is 0 Å². The molecule has 0 radical (unpaired) electrons. The molecule has 0 aliphatic carbocycles. The molecule has 2 rings (SSSR count). The molecule has 4 nitrogen and oxygen atoms in total. The largest absolute Gasteiger partial charge is 0.416 e. The number of benzene rings is 1. The van der Waals surface area contributed by atoms with Crippen LogP contribution in [0.2, 0.25) is 0 Å². The van der Waals surface area contributed by atoms with Crippen molar-refractivity contribution in [1.82, 2.24) is 14.9 Å². The van der Waals surface area contributed by atoms with Gasteiger partial charge in [0.25, 0.3) is 0 Å². The molecular formula is C10H7F3N4. The molecule has 17 heavy (non-hydrogen) atoms. The minimum absolute atomic E-state index is 0.355. The summed E-state index contributed by atoms with van der Waals surface area (Å²) in [6.45, 7) is 0. The van der Waals surface area contributed by atoms with Crippen molar-refractivity contribution in [3.05, 3.63) is 48.0 Å². The molecule has 0 spiro atoms. The van der Waals surface area contributed by atoms with E-state index in [-0.39, 0.29) is 0 Å². The first-order valence-electron chi connectivity index (χ1n) is 4.62. The Balaban J connectivity index is 2.23. The molecule has 0 aliphatic heterocycles. The predicted octanol–water partition coefficient (Wildman–Crippen LogP) is 2.18. The molecule has 0 saturated heterocycles. The molecule has 88 valence electrons. The van der Waals surface area contributed by atoms with Gasteiger partial charge in [0.05, 0.1) is 11.8 Å². The SMILES string of the molecule is FC(F)(F)c1cccc(/C=N\n2cnnc2)c1. The van der Waals surface area contributed by atoms with Gasteiger partial charge in [-0.25, -0.2) is 4.68 Å². The zero-order valence-electron chi connectivity index (χ0n) is 8.46. The average molecular weight is 240 g/mol. The highest BCUT2D eigenvalue weighted by atomic mass is 19.4. The molecule has 0 fully saturated rings. The summed E-state index contributed by atoms with van der Waals surface area (Å²) in [4.78, 5) is 0. The van der Waals surface area contributed by atoms with E-state index in [0.29, 0.717) is 5.56 Å². The molecule has 0 aliphatic rings. The second kappa shape index (κ2) is 4.36. The highest BCUT2D eigenvalue weighted by Crippen LogP contribution is 2.29.